The third kappa shape index (κ3) is 4.77. The highest BCUT2D eigenvalue weighted by atomic mass is 79.9. The zero-order valence-corrected chi connectivity index (χ0v) is 14.9. The largest absolute Gasteiger partial charge is 0.452 e. The van der Waals surface area contributed by atoms with E-state index >= 15 is 0 Å². The van der Waals surface area contributed by atoms with Crippen molar-refractivity contribution < 1.29 is 18.7 Å². The minimum absolute atomic E-state index is 0.127. The predicted molar refractivity (Wildman–Crippen MR) is 88.5 cm³/mol. The van der Waals surface area contributed by atoms with Crippen molar-refractivity contribution in [2.45, 2.75) is 39.2 Å². The summed E-state index contributed by atoms with van der Waals surface area (Å²) < 4.78 is 18.3. The van der Waals surface area contributed by atoms with Crippen LogP contribution in [0, 0.1) is 17.7 Å². The van der Waals surface area contributed by atoms with Crippen LogP contribution >= 0.6 is 15.9 Å². The molecule has 1 fully saturated rings. The molecule has 1 aliphatic carbocycles. The Kier molecular flexibility index (Phi) is 6.16. The molecule has 6 heteroatoms. The smallest absolute Gasteiger partial charge is 0.339 e. The van der Waals surface area contributed by atoms with Crippen molar-refractivity contribution >= 4 is 27.8 Å². The molecular formula is C17H21BrFNO3. The molecule has 1 aromatic carbocycles. The van der Waals surface area contributed by atoms with Gasteiger partial charge in [-0.1, -0.05) is 26.7 Å². The van der Waals surface area contributed by atoms with E-state index in [0.717, 1.165) is 12.8 Å². The first-order valence-electron chi connectivity index (χ1n) is 7.80. The summed E-state index contributed by atoms with van der Waals surface area (Å²) >= 11 is 3.11. The molecule has 0 saturated heterocycles. The maximum atomic E-state index is 13.0. The number of esters is 1. The molecule has 0 heterocycles. The Bertz CT molecular complexity index is 593. The van der Waals surface area contributed by atoms with Crippen molar-refractivity contribution in [1.82, 2.24) is 5.32 Å². The van der Waals surface area contributed by atoms with Gasteiger partial charge in [0.2, 0.25) is 0 Å². The third-order valence-corrected chi connectivity index (χ3v) is 5.19. The van der Waals surface area contributed by atoms with Crippen molar-refractivity contribution in [3.8, 4) is 0 Å². The van der Waals surface area contributed by atoms with Gasteiger partial charge >= 0.3 is 5.97 Å². The van der Waals surface area contributed by atoms with Crippen molar-refractivity contribution in [3.63, 3.8) is 0 Å². The van der Waals surface area contributed by atoms with Gasteiger partial charge in [0.05, 0.1) is 5.56 Å². The van der Waals surface area contributed by atoms with E-state index in [-0.39, 0.29) is 24.1 Å². The SMILES string of the molecule is C[C@@H]1[C@H](C)CCC[C@@H]1NC(=O)COC(=O)c1ccc(F)cc1Br. The lowest BCUT2D eigenvalue weighted by molar-refractivity contribution is -0.125. The monoisotopic (exact) mass is 385 g/mol. The molecule has 1 aliphatic rings. The zero-order valence-electron chi connectivity index (χ0n) is 13.3. The van der Waals surface area contributed by atoms with Crippen LogP contribution in [0.5, 0.6) is 0 Å². The quantitative estimate of drug-likeness (QED) is 0.804. The summed E-state index contributed by atoms with van der Waals surface area (Å²) in [4.78, 5) is 23.9. The van der Waals surface area contributed by atoms with Crippen LogP contribution in [0.25, 0.3) is 0 Å². The Hall–Kier alpha value is -1.43. The number of rotatable bonds is 4. The molecule has 1 saturated carbocycles. The van der Waals surface area contributed by atoms with Crippen LogP contribution in [0.1, 0.15) is 43.5 Å². The number of carbonyl (C=O) groups excluding carboxylic acids is 2. The minimum atomic E-state index is -0.655. The van der Waals surface area contributed by atoms with Crippen molar-refractivity contribution in [1.29, 1.82) is 0 Å². The molecule has 4 nitrogen and oxygen atoms in total. The van der Waals surface area contributed by atoms with Crippen molar-refractivity contribution in [2.24, 2.45) is 11.8 Å². The fourth-order valence-corrected chi connectivity index (χ4v) is 3.41. The molecule has 0 aromatic heterocycles. The fraction of sp³-hybridized carbons (Fsp3) is 0.529. The van der Waals surface area contributed by atoms with Gasteiger partial charge in [-0.05, 0) is 52.4 Å². The lowest BCUT2D eigenvalue weighted by Gasteiger charge is -2.34. The minimum Gasteiger partial charge on any atom is -0.452 e. The van der Waals surface area contributed by atoms with Crippen LogP contribution in [-0.2, 0) is 9.53 Å². The molecule has 126 valence electrons. The van der Waals surface area contributed by atoms with Crippen LogP contribution in [0.3, 0.4) is 0 Å². The first kappa shape index (κ1) is 17.9. The van der Waals surface area contributed by atoms with Gasteiger partial charge in [-0.15, -0.1) is 0 Å². The average molecular weight is 386 g/mol. The van der Waals surface area contributed by atoms with Gasteiger partial charge in [-0.3, -0.25) is 4.79 Å². The van der Waals surface area contributed by atoms with Gasteiger partial charge in [0.25, 0.3) is 5.91 Å². The number of ether oxygens (including phenoxy) is 1. The van der Waals surface area contributed by atoms with Crippen molar-refractivity contribution in [3.05, 3.63) is 34.1 Å². The standard InChI is InChI=1S/C17H21BrFNO3/c1-10-4-3-5-15(11(10)2)20-16(21)9-23-17(22)13-7-6-12(19)8-14(13)18/h6-8,10-11,15H,3-5,9H2,1-2H3,(H,20,21)/t10-,11-,15+/m1/s1. The van der Waals surface area contributed by atoms with Crippen LogP contribution < -0.4 is 5.32 Å². The van der Waals surface area contributed by atoms with Crippen LogP contribution in [0.4, 0.5) is 4.39 Å². The number of halogens is 2. The second kappa shape index (κ2) is 7.90. The number of hydrogen-bond acceptors (Lipinski definition) is 3. The lowest BCUT2D eigenvalue weighted by Crippen LogP contribution is -2.45. The number of carbonyl (C=O) groups is 2. The molecule has 2 rings (SSSR count). The van der Waals surface area contributed by atoms with Crippen LogP contribution in [-0.4, -0.2) is 24.5 Å². The molecule has 0 aliphatic heterocycles. The lowest BCUT2D eigenvalue weighted by atomic mass is 9.78. The van der Waals surface area contributed by atoms with Crippen LogP contribution in [0.2, 0.25) is 0 Å². The molecule has 23 heavy (non-hydrogen) atoms. The predicted octanol–water partition coefficient (Wildman–Crippen LogP) is 3.69. The molecule has 0 bridgehead atoms. The Balaban J connectivity index is 1.85. The van der Waals surface area contributed by atoms with Gasteiger partial charge in [0.15, 0.2) is 6.61 Å². The second-order valence-electron chi connectivity index (χ2n) is 6.14. The Morgan fingerprint density at radius 2 is 2.09 bits per heavy atom. The summed E-state index contributed by atoms with van der Waals surface area (Å²) in [5.74, 6) is -0.424. The molecule has 0 radical (unpaired) electrons. The van der Waals surface area contributed by atoms with E-state index in [2.05, 4.69) is 35.1 Å². The third-order valence-electron chi connectivity index (χ3n) is 4.54. The highest BCUT2D eigenvalue weighted by Crippen LogP contribution is 2.29. The maximum Gasteiger partial charge on any atom is 0.339 e. The topological polar surface area (TPSA) is 55.4 Å². The summed E-state index contributed by atoms with van der Waals surface area (Å²) in [5, 5.41) is 2.94. The number of amides is 1. The molecule has 1 aromatic rings. The van der Waals surface area contributed by atoms with Crippen LogP contribution in [0.15, 0.2) is 22.7 Å². The number of nitrogens with one attached hydrogen (secondary N) is 1. The Morgan fingerprint density at radius 1 is 1.35 bits per heavy atom. The molecule has 3 atom stereocenters. The van der Waals surface area contributed by atoms with E-state index in [1.807, 2.05) is 0 Å². The van der Waals surface area contributed by atoms with E-state index in [9.17, 15) is 14.0 Å². The molecule has 0 unspecified atom stereocenters. The number of hydrogen-bond donors (Lipinski definition) is 1. The Labute approximate surface area is 143 Å². The first-order valence-corrected chi connectivity index (χ1v) is 8.59. The summed E-state index contributed by atoms with van der Waals surface area (Å²) in [6.45, 7) is 3.99. The van der Waals surface area contributed by atoms with E-state index in [0.29, 0.717) is 16.3 Å². The highest BCUT2D eigenvalue weighted by Gasteiger charge is 2.28. The zero-order chi connectivity index (χ0) is 17.0. The summed E-state index contributed by atoms with van der Waals surface area (Å²) in [6.07, 6.45) is 3.23. The fourth-order valence-electron chi connectivity index (χ4n) is 2.90. The maximum absolute atomic E-state index is 13.0. The number of benzene rings is 1. The van der Waals surface area contributed by atoms with E-state index in [4.69, 9.17) is 4.74 Å². The van der Waals surface area contributed by atoms with Gasteiger partial charge in [0.1, 0.15) is 5.82 Å². The summed E-state index contributed by atoms with van der Waals surface area (Å²) in [6, 6.07) is 3.81. The van der Waals surface area contributed by atoms with E-state index in [1.165, 1.54) is 24.6 Å². The van der Waals surface area contributed by atoms with Gasteiger partial charge in [0, 0.05) is 10.5 Å². The average Bonchev–Trinajstić information content (AvgIpc) is 2.49. The van der Waals surface area contributed by atoms with Gasteiger partial charge in [-0.25, -0.2) is 9.18 Å². The molecule has 1 amide bonds. The highest BCUT2D eigenvalue weighted by molar-refractivity contribution is 9.10. The molecule has 1 N–H and O–H groups in total. The normalized spacial score (nSPS) is 24.1. The van der Waals surface area contributed by atoms with Gasteiger partial charge < -0.3 is 10.1 Å². The molecule has 0 spiro atoms. The first-order chi connectivity index (χ1) is 10.9. The Morgan fingerprint density at radius 3 is 2.78 bits per heavy atom. The summed E-state index contributed by atoms with van der Waals surface area (Å²) in [7, 11) is 0. The van der Waals surface area contributed by atoms with E-state index in [1.54, 1.807) is 0 Å². The van der Waals surface area contributed by atoms with E-state index < -0.39 is 11.8 Å². The molecular weight excluding hydrogens is 365 g/mol. The second-order valence-corrected chi connectivity index (χ2v) is 7.00. The van der Waals surface area contributed by atoms with Gasteiger partial charge in [-0.2, -0.15) is 0 Å². The van der Waals surface area contributed by atoms with Crippen molar-refractivity contribution in [2.75, 3.05) is 6.61 Å². The summed E-state index contributed by atoms with van der Waals surface area (Å²) in [5.41, 5.74) is 0.193.